The third-order valence-corrected chi connectivity index (χ3v) is 11.1. The molecule has 252 valence electrons. The fourth-order valence-electron chi connectivity index (χ4n) is 8.95. The molecule has 0 aliphatic rings. The molecule has 0 spiro atoms. The molecule has 0 nitrogen and oxygen atoms in total. The highest BCUT2D eigenvalue weighted by Crippen LogP contribution is 2.56. The lowest BCUT2D eigenvalue weighted by molar-refractivity contribution is 1.58. The number of benzene rings is 10. The minimum atomic E-state index is 1.08. The lowest BCUT2D eigenvalue weighted by Crippen LogP contribution is -2.01. The van der Waals surface area contributed by atoms with Crippen molar-refractivity contribution in [3.05, 3.63) is 206 Å². The number of hydrogen-bond donors (Lipinski definition) is 0. The van der Waals surface area contributed by atoms with Gasteiger partial charge in [-0.3, -0.25) is 0 Å². The Hall–Kier alpha value is -7.02. The second kappa shape index (κ2) is 12.9. The van der Waals surface area contributed by atoms with Crippen LogP contribution in [0.2, 0.25) is 0 Å². The van der Waals surface area contributed by atoms with Crippen LogP contribution in [0, 0.1) is 0 Å². The topological polar surface area (TPSA) is 0 Å². The predicted molar refractivity (Wildman–Crippen MR) is 236 cm³/mol. The zero-order valence-corrected chi connectivity index (χ0v) is 29.9. The maximum atomic E-state index is 4.49. The van der Waals surface area contributed by atoms with Crippen LogP contribution < -0.4 is 0 Å². The summed E-state index contributed by atoms with van der Waals surface area (Å²) in [5.41, 5.74) is 11.6. The number of fused-ring (bicyclic) bond motifs is 8. The summed E-state index contributed by atoms with van der Waals surface area (Å²) < 4.78 is 0. The van der Waals surface area contributed by atoms with Crippen molar-refractivity contribution in [1.29, 1.82) is 0 Å². The summed E-state index contributed by atoms with van der Waals surface area (Å²) in [5.74, 6) is 0. The van der Waals surface area contributed by atoms with Crippen LogP contribution in [0.4, 0.5) is 0 Å². The highest BCUT2D eigenvalue weighted by atomic mass is 14.3. The summed E-state index contributed by atoms with van der Waals surface area (Å²) in [6.45, 7) is 8.97. The van der Waals surface area contributed by atoms with Crippen LogP contribution in [-0.2, 0) is 0 Å². The van der Waals surface area contributed by atoms with Gasteiger partial charge in [-0.1, -0.05) is 195 Å². The zero-order valence-electron chi connectivity index (χ0n) is 29.9. The van der Waals surface area contributed by atoms with Crippen LogP contribution in [-0.4, -0.2) is 0 Å². The fraction of sp³-hybridized carbons (Fsp3) is 0. The van der Waals surface area contributed by atoms with Gasteiger partial charge < -0.3 is 0 Å². The monoisotopic (exact) mass is 684 g/mol. The molecule has 0 N–H and O–H groups in total. The summed E-state index contributed by atoms with van der Waals surface area (Å²) in [5, 5.41) is 12.4. The van der Waals surface area contributed by atoms with Gasteiger partial charge >= 0.3 is 0 Å². The molecule has 10 aromatic rings. The molecule has 0 aliphatic heterocycles. The van der Waals surface area contributed by atoms with Gasteiger partial charge in [-0.05, 0) is 122 Å². The van der Waals surface area contributed by atoms with E-state index < -0.39 is 0 Å². The van der Waals surface area contributed by atoms with Crippen molar-refractivity contribution in [2.75, 3.05) is 0 Å². The molecule has 0 fully saturated rings. The Balaban J connectivity index is 1.66. The molecular weight excluding hydrogens is 649 g/mol. The highest BCUT2D eigenvalue weighted by molar-refractivity contribution is 6.40. The van der Waals surface area contributed by atoms with Crippen molar-refractivity contribution in [3.63, 3.8) is 0 Å². The van der Waals surface area contributed by atoms with Gasteiger partial charge in [0.2, 0.25) is 0 Å². The van der Waals surface area contributed by atoms with E-state index in [1.165, 1.54) is 76.1 Å². The predicted octanol–water partition coefficient (Wildman–Crippen LogP) is 15.4. The maximum absolute atomic E-state index is 4.49. The first-order valence-corrected chi connectivity index (χ1v) is 18.6. The first-order chi connectivity index (χ1) is 26.8. The van der Waals surface area contributed by atoms with E-state index in [2.05, 4.69) is 195 Å². The van der Waals surface area contributed by atoms with E-state index in [0.29, 0.717) is 0 Å². The Morgan fingerprint density at radius 2 is 0.611 bits per heavy atom. The van der Waals surface area contributed by atoms with Crippen molar-refractivity contribution in [2.24, 2.45) is 0 Å². The molecule has 0 heteroatoms. The average Bonchev–Trinajstić information content (AvgIpc) is 3.25. The van der Waals surface area contributed by atoms with Crippen LogP contribution in [0.1, 0.15) is 11.1 Å². The Morgan fingerprint density at radius 1 is 0.278 bits per heavy atom. The SMILES string of the molecule is C=Cc1c(C=C)c(-c2ccccc2)c2c(-c3ccccc3)c3c4cc5ccccc5cc4c4ccccc4c3c(-c3ccccc3)c2c1-c1ccccc1. The summed E-state index contributed by atoms with van der Waals surface area (Å²) in [6.07, 6.45) is 4.08. The van der Waals surface area contributed by atoms with Gasteiger partial charge in [-0.15, -0.1) is 0 Å². The summed E-state index contributed by atoms with van der Waals surface area (Å²) >= 11 is 0. The molecule has 10 rings (SSSR count). The third kappa shape index (κ3) is 4.78. The molecule has 10 aromatic carbocycles. The summed E-state index contributed by atoms with van der Waals surface area (Å²) in [4.78, 5) is 0. The van der Waals surface area contributed by atoms with Gasteiger partial charge in [0, 0.05) is 0 Å². The third-order valence-electron chi connectivity index (χ3n) is 11.1. The van der Waals surface area contributed by atoms with Crippen molar-refractivity contribution < 1.29 is 0 Å². The van der Waals surface area contributed by atoms with E-state index in [4.69, 9.17) is 0 Å². The van der Waals surface area contributed by atoms with Crippen LogP contribution in [0.15, 0.2) is 195 Å². The summed E-state index contributed by atoms with van der Waals surface area (Å²) in [6, 6.07) is 66.3. The Kier molecular flexibility index (Phi) is 7.56. The Labute approximate surface area is 315 Å². The molecule has 0 aromatic heterocycles. The van der Waals surface area contributed by atoms with Gasteiger partial charge in [-0.2, -0.15) is 0 Å². The lowest BCUT2D eigenvalue weighted by atomic mass is 9.74. The van der Waals surface area contributed by atoms with Crippen LogP contribution in [0.3, 0.4) is 0 Å². The number of rotatable bonds is 6. The zero-order chi connectivity index (χ0) is 36.2. The molecule has 0 radical (unpaired) electrons. The molecule has 0 unspecified atom stereocenters. The standard InChI is InChI=1S/C54H36/c1-3-41-42(4-2)48(36-23-11-6-12-24-36)54-50(38-27-15-8-16-28-38)52-46-34-40-30-18-17-29-39(40)33-45(46)43-31-19-20-32-44(43)51(52)49(37-25-13-7-14-26-37)53(54)47(41)35-21-9-5-10-22-35/h3-34H,1-2H2. The minimum absolute atomic E-state index is 1.08. The molecule has 0 atom stereocenters. The molecule has 0 heterocycles. The molecule has 54 heavy (non-hydrogen) atoms. The van der Waals surface area contributed by atoms with E-state index >= 15 is 0 Å². The van der Waals surface area contributed by atoms with Crippen molar-refractivity contribution in [2.45, 2.75) is 0 Å². The summed E-state index contributed by atoms with van der Waals surface area (Å²) in [7, 11) is 0. The van der Waals surface area contributed by atoms with E-state index in [-0.39, 0.29) is 0 Å². The van der Waals surface area contributed by atoms with Crippen LogP contribution in [0.5, 0.6) is 0 Å². The highest BCUT2D eigenvalue weighted by Gasteiger charge is 2.29. The van der Waals surface area contributed by atoms with E-state index in [9.17, 15) is 0 Å². The van der Waals surface area contributed by atoms with E-state index in [1.807, 2.05) is 12.2 Å². The lowest BCUT2D eigenvalue weighted by Gasteiger charge is -2.28. The minimum Gasteiger partial charge on any atom is -0.0984 e. The first kappa shape index (κ1) is 31.7. The molecule has 0 aliphatic carbocycles. The van der Waals surface area contributed by atoms with Crippen molar-refractivity contribution in [3.8, 4) is 44.5 Å². The Bertz CT molecular complexity index is 3080. The smallest absolute Gasteiger partial charge is 0.000116 e. The van der Waals surface area contributed by atoms with Gasteiger partial charge in [0.1, 0.15) is 0 Å². The largest absolute Gasteiger partial charge is 0.0984 e. The molecule has 0 saturated carbocycles. The number of hydrogen-bond acceptors (Lipinski definition) is 0. The normalized spacial score (nSPS) is 11.5. The Morgan fingerprint density at radius 3 is 1.04 bits per heavy atom. The fourth-order valence-corrected chi connectivity index (χ4v) is 8.95. The second-order valence-corrected chi connectivity index (χ2v) is 14.0. The molecule has 0 amide bonds. The molecular formula is C54H36. The second-order valence-electron chi connectivity index (χ2n) is 14.0. The van der Waals surface area contributed by atoms with Gasteiger partial charge in [0.25, 0.3) is 0 Å². The quantitative estimate of drug-likeness (QED) is 0.121. The van der Waals surface area contributed by atoms with Crippen LogP contribution >= 0.6 is 0 Å². The van der Waals surface area contributed by atoms with Gasteiger partial charge in [0.05, 0.1) is 0 Å². The van der Waals surface area contributed by atoms with Gasteiger partial charge in [-0.25, -0.2) is 0 Å². The molecule has 0 bridgehead atoms. The molecule has 0 saturated heterocycles. The first-order valence-electron chi connectivity index (χ1n) is 18.6. The van der Waals surface area contributed by atoms with Crippen molar-refractivity contribution in [1.82, 2.24) is 0 Å². The van der Waals surface area contributed by atoms with Crippen LogP contribution in [0.25, 0.3) is 111 Å². The maximum Gasteiger partial charge on any atom is -0.000116 e. The average molecular weight is 685 g/mol. The van der Waals surface area contributed by atoms with E-state index in [0.717, 1.165) is 33.4 Å². The van der Waals surface area contributed by atoms with Gasteiger partial charge in [0.15, 0.2) is 0 Å². The van der Waals surface area contributed by atoms with Crippen molar-refractivity contribution >= 4 is 66.0 Å². The van der Waals surface area contributed by atoms with E-state index in [1.54, 1.807) is 0 Å².